The first kappa shape index (κ1) is 19.3. The summed E-state index contributed by atoms with van der Waals surface area (Å²) in [7, 11) is 0. The van der Waals surface area contributed by atoms with Gasteiger partial charge in [-0.15, -0.1) is 5.01 Å². The van der Waals surface area contributed by atoms with Gasteiger partial charge < -0.3 is 9.47 Å². The summed E-state index contributed by atoms with van der Waals surface area (Å²) in [6, 6.07) is 0. The molecule has 0 aromatic heterocycles. The van der Waals surface area contributed by atoms with Crippen LogP contribution in [0.15, 0.2) is 0 Å². The minimum atomic E-state index is -0.868. The van der Waals surface area contributed by atoms with Gasteiger partial charge in [0.25, 0.3) is 5.91 Å². The minimum Gasteiger partial charge on any atom is -0.442 e. The molecule has 0 aromatic carbocycles. The lowest BCUT2D eigenvalue weighted by atomic mass is 9.93. The second-order valence-electron chi connectivity index (χ2n) is 7.96. The van der Waals surface area contributed by atoms with E-state index in [9.17, 15) is 14.4 Å². The molecule has 23 heavy (non-hydrogen) atoms. The Morgan fingerprint density at radius 3 is 1.83 bits per heavy atom. The summed E-state index contributed by atoms with van der Waals surface area (Å²) in [4.78, 5) is 37.3. The highest BCUT2D eigenvalue weighted by Crippen LogP contribution is 2.27. The highest BCUT2D eigenvalue weighted by molar-refractivity contribution is 5.95. The summed E-state index contributed by atoms with van der Waals surface area (Å²) in [5.41, 5.74) is -1.50. The molecule has 1 saturated heterocycles. The molecule has 1 heterocycles. The van der Waals surface area contributed by atoms with E-state index >= 15 is 0 Å². The van der Waals surface area contributed by atoms with Gasteiger partial charge in [-0.05, 0) is 47.5 Å². The third-order valence-corrected chi connectivity index (χ3v) is 3.32. The predicted molar refractivity (Wildman–Crippen MR) is 84.3 cm³/mol. The summed E-state index contributed by atoms with van der Waals surface area (Å²) in [5.74, 6) is -0.946. The van der Waals surface area contributed by atoms with Crippen LogP contribution in [0.5, 0.6) is 0 Å². The summed E-state index contributed by atoms with van der Waals surface area (Å²) >= 11 is 0. The maximum Gasteiger partial charge on any atom is 0.436 e. The van der Waals surface area contributed by atoms with Crippen molar-refractivity contribution >= 4 is 18.1 Å². The lowest BCUT2D eigenvalue weighted by Gasteiger charge is -2.42. The Balaban J connectivity index is 3.09. The molecule has 132 valence electrons. The van der Waals surface area contributed by atoms with E-state index in [0.29, 0.717) is 0 Å². The molecule has 0 aromatic rings. The van der Waals surface area contributed by atoms with E-state index in [1.807, 2.05) is 6.92 Å². The van der Waals surface area contributed by atoms with Crippen LogP contribution in [0.4, 0.5) is 9.59 Å². The zero-order valence-corrected chi connectivity index (χ0v) is 15.3. The van der Waals surface area contributed by atoms with Crippen LogP contribution >= 0.6 is 0 Å². The van der Waals surface area contributed by atoms with Gasteiger partial charge >= 0.3 is 12.2 Å². The number of ether oxygens (including phenoxy) is 2. The van der Waals surface area contributed by atoms with Crippen molar-refractivity contribution in [3.63, 3.8) is 0 Å². The number of imide groups is 1. The third-order valence-electron chi connectivity index (χ3n) is 3.32. The highest BCUT2D eigenvalue weighted by Gasteiger charge is 2.45. The van der Waals surface area contributed by atoms with Crippen molar-refractivity contribution in [3.05, 3.63) is 0 Å². The van der Waals surface area contributed by atoms with Crippen molar-refractivity contribution in [3.8, 4) is 0 Å². The first-order valence-electron chi connectivity index (χ1n) is 7.80. The predicted octanol–water partition coefficient (Wildman–Crippen LogP) is 3.19. The van der Waals surface area contributed by atoms with Gasteiger partial charge in [-0.25, -0.2) is 14.6 Å². The molecular weight excluding hydrogens is 300 g/mol. The number of amides is 3. The fourth-order valence-corrected chi connectivity index (χ4v) is 2.03. The Hall–Kier alpha value is -1.79. The van der Waals surface area contributed by atoms with Crippen LogP contribution in [0.25, 0.3) is 0 Å². The Kier molecular flexibility index (Phi) is 5.34. The quantitative estimate of drug-likeness (QED) is 0.682. The van der Waals surface area contributed by atoms with Crippen LogP contribution in [-0.2, 0) is 14.3 Å². The lowest BCUT2D eigenvalue weighted by Crippen LogP contribution is -2.62. The van der Waals surface area contributed by atoms with Crippen molar-refractivity contribution in [2.75, 3.05) is 6.54 Å². The largest absolute Gasteiger partial charge is 0.442 e. The average molecular weight is 328 g/mol. The zero-order chi connectivity index (χ0) is 18.2. The van der Waals surface area contributed by atoms with E-state index in [1.54, 1.807) is 48.5 Å². The van der Waals surface area contributed by atoms with Gasteiger partial charge in [0.15, 0.2) is 0 Å². The van der Waals surface area contributed by atoms with Gasteiger partial charge in [0.2, 0.25) is 0 Å². The van der Waals surface area contributed by atoms with Crippen molar-refractivity contribution in [2.45, 2.75) is 66.6 Å². The van der Waals surface area contributed by atoms with Crippen LogP contribution in [0.1, 0.15) is 55.4 Å². The molecule has 0 N–H and O–H groups in total. The monoisotopic (exact) mass is 328 g/mol. The van der Waals surface area contributed by atoms with Crippen LogP contribution in [0.3, 0.4) is 0 Å². The molecule has 2 atom stereocenters. The summed E-state index contributed by atoms with van der Waals surface area (Å²) in [5, 5.41) is 1.80. The number of nitrogens with zero attached hydrogens (tertiary/aromatic N) is 2. The first-order valence-corrected chi connectivity index (χ1v) is 7.80. The van der Waals surface area contributed by atoms with Crippen molar-refractivity contribution in [2.24, 2.45) is 11.8 Å². The summed E-state index contributed by atoms with van der Waals surface area (Å²) in [6.07, 6.45) is -1.61. The molecule has 1 aliphatic heterocycles. The Morgan fingerprint density at radius 2 is 1.39 bits per heavy atom. The smallest absolute Gasteiger partial charge is 0.436 e. The van der Waals surface area contributed by atoms with Gasteiger partial charge in [0, 0.05) is 5.92 Å². The van der Waals surface area contributed by atoms with Crippen molar-refractivity contribution < 1.29 is 23.9 Å². The van der Waals surface area contributed by atoms with E-state index in [-0.39, 0.29) is 18.4 Å². The molecule has 2 unspecified atom stereocenters. The molecule has 0 bridgehead atoms. The molecule has 1 rings (SSSR count). The summed E-state index contributed by atoms with van der Waals surface area (Å²) < 4.78 is 10.6. The van der Waals surface area contributed by atoms with Crippen LogP contribution in [0.2, 0.25) is 0 Å². The van der Waals surface area contributed by atoms with E-state index < -0.39 is 29.3 Å². The highest BCUT2D eigenvalue weighted by atomic mass is 16.6. The number of carbonyl (C=O) groups is 3. The number of hydrogen-bond donors (Lipinski definition) is 0. The maximum absolute atomic E-state index is 12.5. The van der Waals surface area contributed by atoms with Gasteiger partial charge in [0.1, 0.15) is 11.2 Å². The molecule has 0 spiro atoms. The topological polar surface area (TPSA) is 76.2 Å². The van der Waals surface area contributed by atoms with Gasteiger partial charge in [0.05, 0.1) is 6.54 Å². The molecule has 3 amide bonds. The zero-order valence-electron chi connectivity index (χ0n) is 15.3. The lowest BCUT2D eigenvalue weighted by molar-refractivity contribution is -0.160. The van der Waals surface area contributed by atoms with E-state index in [2.05, 4.69) is 0 Å². The molecular formula is C16H28N2O5. The molecule has 0 radical (unpaired) electrons. The Bertz CT molecular complexity index is 490. The molecule has 7 heteroatoms. The number of hydrogen-bond acceptors (Lipinski definition) is 5. The molecule has 0 saturated carbocycles. The van der Waals surface area contributed by atoms with Crippen LogP contribution < -0.4 is 0 Å². The summed E-state index contributed by atoms with van der Waals surface area (Å²) in [6.45, 7) is 14.1. The molecule has 7 nitrogen and oxygen atoms in total. The molecule has 1 aliphatic rings. The van der Waals surface area contributed by atoms with Gasteiger partial charge in [-0.2, -0.15) is 0 Å². The minimum absolute atomic E-state index is 0.0892. The van der Waals surface area contributed by atoms with E-state index in [1.165, 1.54) is 0 Å². The van der Waals surface area contributed by atoms with Crippen molar-refractivity contribution in [1.82, 2.24) is 10.0 Å². The number of rotatable bonds is 0. The SMILES string of the molecule is CC1CN(C(=O)OC(C)(C)C)N(C(=O)OC(C)(C)C)C(=O)C1C. The van der Waals surface area contributed by atoms with Gasteiger partial charge in [-0.3, -0.25) is 4.79 Å². The fraction of sp³-hybridized carbons (Fsp3) is 0.812. The molecule has 1 fully saturated rings. The first-order chi connectivity index (χ1) is 10.2. The van der Waals surface area contributed by atoms with Gasteiger partial charge in [-0.1, -0.05) is 13.8 Å². The second kappa shape index (κ2) is 6.37. The number of hydrazine groups is 1. The number of carbonyl (C=O) groups excluding carboxylic acids is 3. The fourth-order valence-electron chi connectivity index (χ4n) is 2.03. The van der Waals surface area contributed by atoms with Crippen LogP contribution in [0, 0.1) is 11.8 Å². The van der Waals surface area contributed by atoms with E-state index in [0.717, 1.165) is 10.0 Å². The normalized spacial score (nSPS) is 22.9. The standard InChI is InChI=1S/C16H28N2O5/c1-10-9-17(13(20)22-15(3,4)5)18(12(19)11(10)2)14(21)23-16(6,7)8/h10-11H,9H2,1-8H3. The Labute approximate surface area is 137 Å². The Morgan fingerprint density at radius 1 is 0.957 bits per heavy atom. The second-order valence-corrected chi connectivity index (χ2v) is 7.96. The maximum atomic E-state index is 12.5. The molecule has 0 aliphatic carbocycles. The van der Waals surface area contributed by atoms with E-state index in [4.69, 9.17) is 9.47 Å². The van der Waals surface area contributed by atoms with Crippen molar-refractivity contribution in [1.29, 1.82) is 0 Å². The average Bonchev–Trinajstić information content (AvgIpc) is 2.30. The van der Waals surface area contributed by atoms with Crippen LogP contribution in [-0.4, -0.2) is 45.9 Å². The third kappa shape index (κ3) is 5.11.